The Bertz CT molecular complexity index is 197. The Labute approximate surface area is 53.0 Å². The second-order valence-electron chi connectivity index (χ2n) is 1.47. The fourth-order valence-corrected chi connectivity index (χ4v) is 0.445. The molecule has 1 aromatic rings. The van der Waals surface area contributed by atoms with E-state index < -0.39 is 0 Å². The van der Waals surface area contributed by atoms with Crippen LogP contribution >= 0.6 is 0 Å². The maximum absolute atomic E-state index is 4.98. The minimum absolute atomic E-state index is 0.501. The Balaban J connectivity index is 2.41. The van der Waals surface area contributed by atoms with E-state index >= 15 is 0 Å². The summed E-state index contributed by atoms with van der Waals surface area (Å²) in [6.45, 7) is 0.501. The van der Waals surface area contributed by atoms with E-state index in [-0.39, 0.29) is 0 Å². The molecule has 0 fully saturated rings. The van der Waals surface area contributed by atoms with E-state index in [4.69, 9.17) is 6.42 Å². The van der Waals surface area contributed by atoms with Crippen LogP contribution in [0.3, 0.4) is 0 Å². The van der Waals surface area contributed by atoms with Gasteiger partial charge in [0.2, 0.25) is 0 Å². The van der Waals surface area contributed by atoms with Gasteiger partial charge in [0.1, 0.15) is 6.26 Å². The summed E-state index contributed by atoms with van der Waals surface area (Å²) >= 11 is 0. The maximum Gasteiger partial charge on any atom is 0.146 e. The molecule has 0 saturated heterocycles. The lowest BCUT2D eigenvalue weighted by Gasteiger charge is -1.90. The number of rotatable bonds is 2. The van der Waals surface area contributed by atoms with E-state index in [9.17, 15) is 0 Å². The number of nitrogens with one attached hydrogen (secondary N) is 1. The molecule has 9 heavy (non-hydrogen) atoms. The molecule has 3 nitrogen and oxygen atoms in total. The first-order valence-corrected chi connectivity index (χ1v) is 2.50. The van der Waals surface area contributed by atoms with Crippen molar-refractivity contribution in [1.82, 2.24) is 5.16 Å². The third-order valence-electron chi connectivity index (χ3n) is 0.827. The Hall–Kier alpha value is -1.43. The molecule has 0 aliphatic rings. The van der Waals surface area contributed by atoms with Crippen molar-refractivity contribution in [3.8, 4) is 12.3 Å². The summed E-state index contributed by atoms with van der Waals surface area (Å²) in [4.78, 5) is 0. The average Bonchev–Trinajstić information content (AvgIpc) is 2.34. The lowest BCUT2D eigenvalue weighted by molar-refractivity contribution is 0.420. The molecule has 1 aromatic heterocycles. The van der Waals surface area contributed by atoms with E-state index in [1.807, 2.05) is 0 Å². The summed E-state index contributed by atoms with van der Waals surface area (Å²) in [6, 6.07) is 0. The van der Waals surface area contributed by atoms with Crippen LogP contribution in [0.5, 0.6) is 0 Å². The zero-order chi connectivity index (χ0) is 6.53. The third-order valence-corrected chi connectivity index (χ3v) is 0.827. The highest BCUT2D eigenvalue weighted by Crippen LogP contribution is 2.01. The van der Waals surface area contributed by atoms with Gasteiger partial charge < -0.3 is 9.84 Å². The fraction of sp³-hybridized carbons (Fsp3) is 0.167. The monoisotopic (exact) mass is 122 g/mol. The first-order valence-electron chi connectivity index (χ1n) is 2.50. The van der Waals surface area contributed by atoms with Crippen LogP contribution in [0.1, 0.15) is 0 Å². The van der Waals surface area contributed by atoms with E-state index in [1.54, 1.807) is 6.20 Å². The van der Waals surface area contributed by atoms with Gasteiger partial charge >= 0.3 is 0 Å². The topological polar surface area (TPSA) is 38.1 Å². The maximum atomic E-state index is 4.98. The summed E-state index contributed by atoms with van der Waals surface area (Å²) in [7, 11) is 0. The second-order valence-corrected chi connectivity index (χ2v) is 1.47. The second kappa shape index (κ2) is 2.78. The standard InChI is InChI=1S/C6H6N2O/c1-2-3-7-6-4-8-9-5-6/h1,4-5,7H,3H2. The van der Waals surface area contributed by atoms with Crippen molar-refractivity contribution in [2.45, 2.75) is 0 Å². The van der Waals surface area contributed by atoms with Crippen molar-refractivity contribution in [3.05, 3.63) is 12.5 Å². The van der Waals surface area contributed by atoms with Gasteiger partial charge in [-0.3, -0.25) is 0 Å². The molecule has 46 valence electrons. The van der Waals surface area contributed by atoms with Gasteiger partial charge in [0.05, 0.1) is 18.4 Å². The summed E-state index contributed by atoms with van der Waals surface area (Å²) in [5, 5.41) is 6.35. The number of hydrogen-bond acceptors (Lipinski definition) is 3. The van der Waals surface area contributed by atoms with E-state index in [0.29, 0.717) is 6.54 Å². The SMILES string of the molecule is C#CCNc1cnoc1. The Morgan fingerprint density at radius 2 is 2.78 bits per heavy atom. The van der Waals surface area contributed by atoms with Crippen LogP contribution in [0.15, 0.2) is 17.0 Å². The average molecular weight is 122 g/mol. The summed E-state index contributed by atoms with van der Waals surface area (Å²) in [5.41, 5.74) is 0.813. The van der Waals surface area contributed by atoms with Crippen LogP contribution in [0, 0.1) is 12.3 Å². The smallest absolute Gasteiger partial charge is 0.146 e. The van der Waals surface area contributed by atoms with Crippen LogP contribution < -0.4 is 5.32 Å². The molecular formula is C6H6N2O. The first kappa shape index (κ1) is 5.70. The Kier molecular flexibility index (Phi) is 1.76. The van der Waals surface area contributed by atoms with Crippen molar-refractivity contribution >= 4 is 5.69 Å². The quantitative estimate of drug-likeness (QED) is 0.587. The van der Waals surface area contributed by atoms with Crippen LogP contribution in [0.25, 0.3) is 0 Å². The molecule has 0 aliphatic heterocycles. The van der Waals surface area contributed by atoms with Gasteiger partial charge in [0, 0.05) is 0 Å². The van der Waals surface area contributed by atoms with Gasteiger partial charge in [0.15, 0.2) is 0 Å². The molecule has 0 atom stereocenters. The Morgan fingerprint density at radius 3 is 3.33 bits per heavy atom. The predicted molar refractivity (Wildman–Crippen MR) is 33.8 cm³/mol. The van der Waals surface area contributed by atoms with Crippen LogP contribution in [0.4, 0.5) is 5.69 Å². The molecule has 3 heteroatoms. The number of hydrogen-bond donors (Lipinski definition) is 1. The minimum atomic E-state index is 0.501. The molecule has 0 bridgehead atoms. The highest BCUT2D eigenvalue weighted by molar-refractivity contribution is 5.37. The molecule has 0 unspecified atom stereocenters. The Morgan fingerprint density at radius 1 is 1.89 bits per heavy atom. The number of terminal acetylenes is 1. The van der Waals surface area contributed by atoms with Crippen molar-refractivity contribution in [2.75, 3.05) is 11.9 Å². The van der Waals surface area contributed by atoms with Crippen molar-refractivity contribution in [2.24, 2.45) is 0 Å². The predicted octanol–water partition coefficient (Wildman–Crippen LogP) is 0.720. The third kappa shape index (κ3) is 1.50. The van der Waals surface area contributed by atoms with Gasteiger partial charge in [-0.15, -0.1) is 6.42 Å². The van der Waals surface area contributed by atoms with Crippen molar-refractivity contribution in [1.29, 1.82) is 0 Å². The molecule has 1 heterocycles. The molecule has 1 N–H and O–H groups in total. The fourth-order valence-electron chi connectivity index (χ4n) is 0.445. The van der Waals surface area contributed by atoms with E-state index in [2.05, 4.69) is 20.9 Å². The zero-order valence-corrected chi connectivity index (χ0v) is 4.79. The van der Waals surface area contributed by atoms with Crippen LogP contribution in [-0.4, -0.2) is 11.7 Å². The van der Waals surface area contributed by atoms with Crippen LogP contribution in [-0.2, 0) is 0 Å². The van der Waals surface area contributed by atoms with E-state index in [1.165, 1.54) is 6.26 Å². The van der Waals surface area contributed by atoms with Gasteiger partial charge in [-0.05, 0) is 0 Å². The summed E-state index contributed by atoms with van der Waals surface area (Å²) in [6.07, 6.45) is 8.05. The first-order chi connectivity index (χ1) is 4.43. The van der Waals surface area contributed by atoms with Gasteiger partial charge in [-0.25, -0.2) is 0 Å². The molecule has 0 aliphatic carbocycles. The largest absolute Gasteiger partial charge is 0.370 e. The van der Waals surface area contributed by atoms with Gasteiger partial charge in [0.25, 0.3) is 0 Å². The van der Waals surface area contributed by atoms with E-state index in [0.717, 1.165) is 5.69 Å². The molecule has 1 rings (SSSR count). The normalized spacial score (nSPS) is 8.33. The van der Waals surface area contributed by atoms with Crippen molar-refractivity contribution in [3.63, 3.8) is 0 Å². The lowest BCUT2D eigenvalue weighted by atomic mass is 10.5. The zero-order valence-electron chi connectivity index (χ0n) is 4.79. The molecule has 0 spiro atoms. The van der Waals surface area contributed by atoms with Crippen LogP contribution in [0.2, 0.25) is 0 Å². The molecule has 0 aromatic carbocycles. The summed E-state index contributed by atoms with van der Waals surface area (Å²) in [5.74, 6) is 2.43. The molecule has 0 radical (unpaired) electrons. The number of anilines is 1. The highest BCUT2D eigenvalue weighted by Gasteiger charge is 1.88. The molecule has 0 saturated carbocycles. The minimum Gasteiger partial charge on any atom is -0.370 e. The van der Waals surface area contributed by atoms with Gasteiger partial charge in [-0.2, -0.15) is 0 Å². The van der Waals surface area contributed by atoms with Gasteiger partial charge in [-0.1, -0.05) is 11.1 Å². The lowest BCUT2D eigenvalue weighted by Crippen LogP contribution is -1.95. The number of aromatic nitrogens is 1. The summed E-state index contributed by atoms with van der Waals surface area (Å²) < 4.78 is 4.53. The highest BCUT2D eigenvalue weighted by atomic mass is 16.5. The molecular weight excluding hydrogens is 116 g/mol. The van der Waals surface area contributed by atoms with Crippen molar-refractivity contribution < 1.29 is 4.52 Å². The molecule has 0 amide bonds. The number of nitrogens with zero attached hydrogens (tertiary/aromatic N) is 1.